The maximum atomic E-state index is 5.98. The molecular formula is C13H14N4. The van der Waals surface area contributed by atoms with Crippen LogP contribution in [-0.2, 0) is 0 Å². The van der Waals surface area contributed by atoms with Gasteiger partial charge in [-0.05, 0) is 24.6 Å². The van der Waals surface area contributed by atoms with Crippen molar-refractivity contribution in [3.8, 4) is 0 Å². The van der Waals surface area contributed by atoms with Crippen molar-refractivity contribution >= 4 is 17.1 Å². The van der Waals surface area contributed by atoms with Crippen LogP contribution in [0.5, 0.6) is 0 Å². The summed E-state index contributed by atoms with van der Waals surface area (Å²) >= 11 is 0. The summed E-state index contributed by atoms with van der Waals surface area (Å²) in [6.07, 6.45) is 3.59. The predicted octanol–water partition coefficient (Wildman–Crippen LogP) is 2.18. The average molecular weight is 226 g/mol. The molecule has 1 aromatic carbocycles. The van der Waals surface area contributed by atoms with Crippen LogP contribution in [0.4, 0.5) is 17.1 Å². The Morgan fingerprint density at radius 3 is 2.76 bits per heavy atom. The molecule has 0 radical (unpaired) electrons. The number of para-hydroxylation sites is 1. The van der Waals surface area contributed by atoms with Gasteiger partial charge in [0, 0.05) is 11.9 Å². The van der Waals surface area contributed by atoms with Crippen LogP contribution in [0.3, 0.4) is 0 Å². The average Bonchev–Trinajstić information content (AvgIpc) is 2.68. The van der Waals surface area contributed by atoms with Gasteiger partial charge in [-0.15, -0.1) is 0 Å². The lowest BCUT2D eigenvalue weighted by molar-refractivity contribution is 0.884. The highest BCUT2D eigenvalue weighted by Crippen LogP contribution is 2.39. The third kappa shape index (κ3) is 1.54. The van der Waals surface area contributed by atoms with Gasteiger partial charge in [0.1, 0.15) is 6.67 Å². The number of hydrazine groups is 1. The second-order valence-electron chi connectivity index (χ2n) is 4.19. The molecule has 17 heavy (non-hydrogen) atoms. The maximum absolute atomic E-state index is 5.98. The SMILES string of the molecule is Cc1ccccc1N1CN(N)c2cnccc21. The van der Waals surface area contributed by atoms with E-state index in [9.17, 15) is 0 Å². The molecule has 0 saturated carbocycles. The Labute approximate surface area is 100 Å². The van der Waals surface area contributed by atoms with Crippen LogP contribution in [-0.4, -0.2) is 11.7 Å². The number of benzene rings is 1. The van der Waals surface area contributed by atoms with Crippen molar-refractivity contribution < 1.29 is 0 Å². The predicted molar refractivity (Wildman–Crippen MR) is 69.1 cm³/mol. The summed E-state index contributed by atoms with van der Waals surface area (Å²) in [6.45, 7) is 2.77. The summed E-state index contributed by atoms with van der Waals surface area (Å²) < 4.78 is 0. The lowest BCUT2D eigenvalue weighted by Gasteiger charge is -2.21. The number of aromatic nitrogens is 1. The maximum Gasteiger partial charge on any atom is 0.110 e. The van der Waals surface area contributed by atoms with E-state index in [2.05, 4.69) is 28.9 Å². The van der Waals surface area contributed by atoms with E-state index in [1.165, 1.54) is 11.3 Å². The van der Waals surface area contributed by atoms with E-state index < -0.39 is 0 Å². The zero-order valence-corrected chi connectivity index (χ0v) is 9.67. The monoisotopic (exact) mass is 226 g/mol. The molecule has 0 bridgehead atoms. The van der Waals surface area contributed by atoms with Crippen LogP contribution in [0, 0.1) is 6.92 Å². The summed E-state index contributed by atoms with van der Waals surface area (Å²) in [5, 5.41) is 1.72. The topological polar surface area (TPSA) is 45.4 Å². The van der Waals surface area contributed by atoms with Crippen molar-refractivity contribution in [1.82, 2.24) is 4.98 Å². The molecule has 0 unspecified atom stereocenters. The fourth-order valence-corrected chi connectivity index (χ4v) is 2.21. The van der Waals surface area contributed by atoms with E-state index in [1.54, 1.807) is 17.4 Å². The summed E-state index contributed by atoms with van der Waals surface area (Å²) in [5.74, 6) is 5.98. The van der Waals surface area contributed by atoms with Gasteiger partial charge in [0.25, 0.3) is 0 Å². The Kier molecular flexibility index (Phi) is 2.23. The lowest BCUT2D eigenvalue weighted by Crippen LogP contribution is -2.33. The molecule has 3 rings (SSSR count). The Morgan fingerprint density at radius 2 is 1.94 bits per heavy atom. The van der Waals surface area contributed by atoms with E-state index in [4.69, 9.17) is 5.84 Å². The first kappa shape index (κ1) is 10.1. The van der Waals surface area contributed by atoms with E-state index in [0.29, 0.717) is 6.67 Å². The number of nitrogens with zero attached hydrogens (tertiary/aromatic N) is 3. The van der Waals surface area contributed by atoms with Crippen LogP contribution in [0.25, 0.3) is 0 Å². The quantitative estimate of drug-likeness (QED) is 0.757. The minimum atomic E-state index is 0.659. The Hall–Kier alpha value is -2.07. The van der Waals surface area contributed by atoms with Gasteiger partial charge in [0.15, 0.2) is 0 Å². The molecule has 2 N–H and O–H groups in total. The first-order valence-electron chi connectivity index (χ1n) is 5.57. The Morgan fingerprint density at radius 1 is 1.12 bits per heavy atom. The fourth-order valence-electron chi connectivity index (χ4n) is 2.21. The van der Waals surface area contributed by atoms with Gasteiger partial charge in [0.05, 0.1) is 17.6 Å². The van der Waals surface area contributed by atoms with Crippen molar-refractivity contribution in [2.45, 2.75) is 6.92 Å². The van der Waals surface area contributed by atoms with E-state index in [0.717, 1.165) is 11.4 Å². The second kappa shape index (κ2) is 3.75. The van der Waals surface area contributed by atoms with E-state index in [-0.39, 0.29) is 0 Å². The molecule has 1 aromatic heterocycles. The molecule has 1 aliphatic heterocycles. The molecular weight excluding hydrogens is 212 g/mol. The van der Waals surface area contributed by atoms with Gasteiger partial charge in [-0.25, -0.2) is 5.84 Å². The largest absolute Gasteiger partial charge is 0.320 e. The fraction of sp³-hybridized carbons (Fsp3) is 0.154. The van der Waals surface area contributed by atoms with Gasteiger partial charge in [-0.3, -0.25) is 9.99 Å². The summed E-state index contributed by atoms with van der Waals surface area (Å²) in [4.78, 5) is 6.31. The molecule has 0 aliphatic carbocycles. The minimum Gasteiger partial charge on any atom is -0.320 e. The van der Waals surface area contributed by atoms with Crippen LogP contribution in [0.15, 0.2) is 42.7 Å². The van der Waals surface area contributed by atoms with E-state index in [1.807, 2.05) is 18.2 Å². The molecule has 1 aliphatic rings. The lowest BCUT2D eigenvalue weighted by atomic mass is 10.2. The highest BCUT2D eigenvalue weighted by molar-refractivity contribution is 5.81. The van der Waals surface area contributed by atoms with Gasteiger partial charge < -0.3 is 4.90 Å². The van der Waals surface area contributed by atoms with Gasteiger partial charge in [-0.2, -0.15) is 0 Å². The number of aryl methyl sites for hydroxylation is 1. The standard InChI is InChI=1S/C13H14N4/c1-10-4-2-3-5-11(10)16-9-17(14)13-8-15-7-6-12(13)16/h2-8H,9,14H2,1H3. The van der Waals surface area contributed by atoms with Gasteiger partial charge >= 0.3 is 0 Å². The molecule has 0 saturated heterocycles. The first-order valence-corrected chi connectivity index (χ1v) is 5.57. The highest BCUT2D eigenvalue weighted by Gasteiger charge is 2.25. The molecule has 86 valence electrons. The van der Waals surface area contributed by atoms with Crippen molar-refractivity contribution in [1.29, 1.82) is 0 Å². The number of anilines is 3. The molecule has 0 fully saturated rings. The zero-order valence-electron chi connectivity index (χ0n) is 9.67. The van der Waals surface area contributed by atoms with Gasteiger partial charge in [-0.1, -0.05) is 18.2 Å². The number of pyridine rings is 1. The number of hydrogen-bond acceptors (Lipinski definition) is 4. The van der Waals surface area contributed by atoms with Crippen LogP contribution < -0.4 is 15.8 Å². The number of fused-ring (bicyclic) bond motifs is 1. The third-order valence-electron chi connectivity index (χ3n) is 3.08. The minimum absolute atomic E-state index is 0.659. The molecule has 0 atom stereocenters. The normalized spacial score (nSPS) is 14.0. The molecule has 2 aromatic rings. The van der Waals surface area contributed by atoms with Crippen molar-refractivity contribution in [2.75, 3.05) is 16.6 Å². The number of rotatable bonds is 1. The highest BCUT2D eigenvalue weighted by atomic mass is 15.5. The van der Waals surface area contributed by atoms with Crippen molar-refractivity contribution in [3.63, 3.8) is 0 Å². The van der Waals surface area contributed by atoms with Gasteiger partial charge in [0.2, 0.25) is 0 Å². The third-order valence-corrected chi connectivity index (χ3v) is 3.08. The Bertz CT molecular complexity index is 553. The molecule has 4 heteroatoms. The van der Waals surface area contributed by atoms with Crippen LogP contribution in [0.2, 0.25) is 0 Å². The summed E-state index contributed by atoms with van der Waals surface area (Å²) in [7, 11) is 0. The number of nitrogens with two attached hydrogens (primary N) is 1. The second-order valence-corrected chi connectivity index (χ2v) is 4.19. The van der Waals surface area contributed by atoms with Crippen LogP contribution >= 0.6 is 0 Å². The number of hydrogen-bond donors (Lipinski definition) is 1. The van der Waals surface area contributed by atoms with E-state index >= 15 is 0 Å². The van der Waals surface area contributed by atoms with Crippen LogP contribution in [0.1, 0.15) is 5.56 Å². The molecule has 4 nitrogen and oxygen atoms in total. The van der Waals surface area contributed by atoms with Crippen molar-refractivity contribution in [2.24, 2.45) is 5.84 Å². The molecule has 2 heterocycles. The first-order chi connectivity index (χ1) is 8.27. The summed E-state index contributed by atoms with van der Waals surface area (Å²) in [5.41, 5.74) is 4.51. The Balaban J connectivity index is 2.11. The van der Waals surface area contributed by atoms with Crippen molar-refractivity contribution in [3.05, 3.63) is 48.3 Å². The smallest absolute Gasteiger partial charge is 0.110 e. The zero-order chi connectivity index (χ0) is 11.8. The molecule has 0 spiro atoms. The molecule has 0 amide bonds. The summed E-state index contributed by atoms with van der Waals surface area (Å²) in [6, 6.07) is 10.3.